The van der Waals surface area contributed by atoms with Crippen LogP contribution in [-0.2, 0) is 10.5 Å². The third-order valence-corrected chi connectivity index (χ3v) is 3.60. The van der Waals surface area contributed by atoms with Crippen molar-refractivity contribution in [1.82, 2.24) is 0 Å². The van der Waals surface area contributed by atoms with Crippen LogP contribution >= 0.6 is 12.6 Å². The van der Waals surface area contributed by atoms with Gasteiger partial charge in [-0.2, -0.15) is 0 Å². The average Bonchev–Trinajstić information content (AvgIpc) is 2.16. The van der Waals surface area contributed by atoms with Crippen molar-refractivity contribution in [3.05, 3.63) is 35.4 Å². The lowest BCUT2D eigenvalue weighted by atomic mass is 9.93. The van der Waals surface area contributed by atoms with E-state index < -0.39 is 10.5 Å². The predicted molar refractivity (Wildman–Crippen MR) is 69.4 cm³/mol. The zero-order chi connectivity index (χ0) is 12.6. The van der Waals surface area contributed by atoms with Gasteiger partial charge in [-0.25, -0.2) is 0 Å². The van der Waals surface area contributed by atoms with E-state index in [2.05, 4.69) is 12.6 Å². The molecule has 2 nitrogen and oxygen atoms in total. The molecule has 0 aliphatic heterocycles. The highest BCUT2D eigenvalue weighted by molar-refractivity contribution is 7.81. The summed E-state index contributed by atoms with van der Waals surface area (Å²) >= 11 is 4.27. The molecule has 3 heteroatoms. The lowest BCUT2D eigenvalue weighted by Gasteiger charge is -2.28. The second-order valence-corrected chi connectivity index (χ2v) is 5.70. The van der Waals surface area contributed by atoms with E-state index in [-0.39, 0.29) is 5.92 Å². The molecule has 0 heterocycles. The van der Waals surface area contributed by atoms with Crippen LogP contribution < -0.4 is 0 Å². The predicted octanol–water partition coefficient (Wildman–Crippen LogP) is 2.64. The Morgan fingerprint density at radius 3 is 1.69 bits per heavy atom. The van der Waals surface area contributed by atoms with Crippen molar-refractivity contribution in [2.45, 2.75) is 38.2 Å². The molecular weight excluding hydrogens is 220 g/mol. The van der Waals surface area contributed by atoms with Crippen LogP contribution in [0, 0.1) is 5.92 Å². The molecule has 1 unspecified atom stereocenters. The maximum Gasteiger partial charge on any atom is 0.135 e. The van der Waals surface area contributed by atoms with Gasteiger partial charge < -0.3 is 10.2 Å². The molecule has 0 radical (unpaired) electrons. The number of hydrogen-bond donors (Lipinski definition) is 3. The monoisotopic (exact) mass is 240 g/mol. The Hall–Kier alpha value is -0.510. The first-order valence-electron chi connectivity index (χ1n) is 5.44. The van der Waals surface area contributed by atoms with E-state index in [0.29, 0.717) is 0 Å². The van der Waals surface area contributed by atoms with E-state index in [0.717, 1.165) is 11.1 Å². The van der Waals surface area contributed by atoms with Crippen molar-refractivity contribution in [2.24, 2.45) is 5.92 Å². The summed E-state index contributed by atoms with van der Waals surface area (Å²) in [6, 6.07) is 7.25. The van der Waals surface area contributed by atoms with Crippen LogP contribution in [0.5, 0.6) is 0 Å². The Kier molecular flexibility index (Phi) is 3.72. The van der Waals surface area contributed by atoms with Crippen molar-refractivity contribution in [1.29, 1.82) is 0 Å². The summed E-state index contributed by atoms with van der Waals surface area (Å²) in [6.07, 6.45) is 0. The number of hydrogen-bond acceptors (Lipinski definition) is 3. The number of rotatable bonds is 3. The smallest absolute Gasteiger partial charge is 0.135 e. The average molecular weight is 240 g/mol. The molecule has 0 amide bonds. The van der Waals surface area contributed by atoms with E-state index in [1.165, 1.54) is 0 Å². The molecule has 0 saturated heterocycles. The minimum Gasteiger partial charge on any atom is -0.386 e. The van der Waals surface area contributed by atoms with Crippen molar-refractivity contribution in [2.75, 3.05) is 0 Å². The van der Waals surface area contributed by atoms with Crippen molar-refractivity contribution >= 4 is 12.6 Å². The molecule has 90 valence electrons. The van der Waals surface area contributed by atoms with Gasteiger partial charge in [-0.15, -0.1) is 12.6 Å². The Labute approximate surface area is 103 Å². The van der Waals surface area contributed by atoms with Gasteiger partial charge in [-0.1, -0.05) is 38.1 Å². The molecule has 0 spiro atoms. The quantitative estimate of drug-likeness (QED) is 0.561. The number of benzene rings is 1. The van der Waals surface area contributed by atoms with E-state index in [4.69, 9.17) is 0 Å². The summed E-state index contributed by atoms with van der Waals surface area (Å²) in [4.78, 5) is -1.13. The van der Waals surface area contributed by atoms with Crippen LogP contribution in [0.25, 0.3) is 0 Å². The van der Waals surface area contributed by atoms with Crippen molar-refractivity contribution in [3.63, 3.8) is 0 Å². The zero-order valence-corrected chi connectivity index (χ0v) is 11.1. The minimum absolute atomic E-state index is 0.0174. The highest BCUT2D eigenvalue weighted by Crippen LogP contribution is 2.34. The first kappa shape index (κ1) is 13.6. The molecule has 0 fully saturated rings. The van der Waals surface area contributed by atoms with Crippen LogP contribution in [-0.4, -0.2) is 10.2 Å². The summed E-state index contributed by atoms with van der Waals surface area (Å²) in [5.74, 6) is 0.0174. The molecule has 1 atom stereocenters. The zero-order valence-electron chi connectivity index (χ0n) is 10.2. The normalized spacial score (nSPS) is 16.2. The van der Waals surface area contributed by atoms with Crippen LogP contribution in [0.4, 0.5) is 0 Å². The second-order valence-electron chi connectivity index (χ2n) is 5.02. The Morgan fingerprint density at radius 2 is 1.38 bits per heavy atom. The van der Waals surface area contributed by atoms with Gasteiger partial charge in [-0.3, -0.25) is 0 Å². The standard InChI is InChI=1S/C13H20O2S/c1-9(2)13(15,16)11-7-5-10(6-8-11)12(3,4)14/h5-9,14-16H,1-4H3. The van der Waals surface area contributed by atoms with Crippen molar-refractivity contribution < 1.29 is 10.2 Å². The van der Waals surface area contributed by atoms with Crippen LogP contribution in [0.15, 0.2) is 24.3 Å². The SMILES string of the molecule is CC(C)C(O)(S)c1ccc(C(C)(C)O)cc1. The fraction of sp³-hybridized carbons (Fsp3) is 0.538. The number of thiol groups is 1. The highest BCUT2D eigenvalue weighted by atomic mass is 32.1. The first-order chi connectivity index (χ1) is 7.15. The van der Waals surface area contributed by atoms with E-state index in [9.17, 15) is 10.2 Å². The second kappa shape index (κ2) is 4.40. The van der Waals surface area contributed by atoms with E-state index in [1.807, 2.05) is 26.0 Å². The summed E-state index contributed by atoms with van der Waals surface area (Å²) in [6.45, 7) is 7.29. The van der Waals surface area contributed by atoms with Gasteiger partial charge in [0.05, 0.1) is 5.60 Å². The maximum absolute atomic E-state index is 10.2. The third kappa shape index (κ3) is 2.78. The Balaban J connectivity index is 3.05. The highest BCUT2D eigenvalue weighted by Gasteiger charge is 2.28. The van der Waals surface area contributed by atoms with Gasteiger partial charge in [0.25, 0.3) is 0 Å². The molecule has 1 aromatic rings. The van der Waals surface area contributed by atoms with Gasteiger partial charge >= 0.3 is 0 Å². The van der Waals surface area contributed by atoms with Gasteiger partial charge in [-0.05, 0) is 30.9 Å². The molecule has 0 saturated carbocycles. The van der Waals surface area contributed by atoms with Gasteiger partial charge in [0.1, 0.15) is 4.93 Å². The fourth-order valence-corrected chi connectivity index (χ4v) is 1.61. The largest absolute Gasteiger partial charge is 0.386 e. The summed E-state index contributed by atoms with van der Waals surface area (Å²) in [5.41, 5.74) is 0.716. The topological polar surface area (TPSA) is 40.5 Å². The van der Waals surface area contributed by atoms with Crippen LogP contribution in [0.1, 0.15) is 38.8 Å². The van der Waals surface area contributed by atoms with Crippen LogP contribution in [0.2, 0.25) is 0 Å². The molecule has 2 N–H and O–H groups in total. The molecule has 0 aliphatic rings. The molecule has 1 rings (SSSR count). The Bertz CT molecular complexity index is 347. The van der Waals surface area contributed by atoms with Crippen LogP contribution in [0.3, 0.4) is 0 Å². The molecule has 16 heavy (non-hydrogen) atoms. The molecule has 0 aliphatic carbocycles. The fourth-order valence-electron chi connectivity index (χ4n) is 1.46. The summed E-state index contributed by atoms with van der Waals surface area (Å²) in [7, 11) is 0. The van der Waals surface area contributed by atoms with E-state index in [1.54, 1.807) is 26.0 Å². The van der Waals surface area contributed by atoms with Gasteiger partial charge in [0, 0.05) is 0 Å². The molecule has 0 bridgehead atoms. The van der Waals surface area contributed by atoms with Gasteiger partial charge in [0.2, 0.25) is 0 Å². The summed E-state index contributed by atoms with van der Waals surface area (Å²) < 4.78 is 0. The van der Waals surface area contributed by atoms with E-state index >= 15 is 0 Å². The van der Waals surface area contributed by atoms with Gasteiger partial charge in [0.15, 0.2) is 0 Å². The summed E-state index contributed by atoms with van der Waals surface area (Å²) in [5, 5.41) is 20.0. The Morgan fingerprint density at radius 1 is 1.00 bits per heavy atom. The molecular formula is C13H20O2S. The minimum atomic E-state index is -1.13. The van der Waals surface area contributed by atoms with Crippen molar-refractivity contribution in [3.8, 4) is 0 Å². The molecule has 0 aromatic heterocycles. The first-order valence-corrected chi connectivity index (χ1v) is 5.88. The maximum atomic E-state index is 10.2. The molecule has 1 aromatic carbocycles. The third-order valence-electron chi connectivity index (χ3n) is 2.82. The lowest BCUT2D eigenvalue weighted by Crippen LogP contribution is -2.25. The number of aliphatic hydroxyl groups is 2. The lowest BCUT2D eigenvalue weighted by molar-refractivity contribution is 0.0773.